The lowest BCUT2D eigenvalue weighted by molar-refractivity contribution is 0.823. The molecule has 130 valence electrons. The van der Waals surface area contributed by atoms with Gasteiger partial charge in [0.1, 0.15) is 0 Å². The van der Waals surface area contributed by atoms with E-state index in [4.69, 9.17) is 10.9 Å². The van der Waals surface area contributed by atoms with E-state index in [9.17, 15) is 0 Å². The molecule has 4 nitrogen and oxygen atoms in total. The molecule has 0 aliphatic rings. The minimum absolute atomic E-state index is 0.0519. The number of nitrogens with zero attached hydrogens (tertiary/aromatic N) is 1. The van der Waals surface area contributed by atoms with E-state index in [1.165, 1.54) is 5.57 Å². The van der Waals surface area contributed by atoms with Crippen LogP contribution in [0.25, 0.3) is 6.08 Å². The largest absolute Gasteiger partial charge is 0.380 e. The summed E-state index contributed by atoms with van der Waals surface area (Å²) < 4.78 is 0. The molecule has 3 N–H and O–H groups in total. The van der Waals surface area contributed by atoms with Crippen molar-refractivity contribution in [1.82, 2.24) is 0 Å². The third-order valence-electron chi connectivity index (χ3n) is 3.07. The molecular weight excluding hydrogens is 296 g/mol. The first kappa shape index (κ1) is 21.5. The molecule has 0 bridgehead atoms. The van der Waals surface area contributed by atoms with Crippen molar-refractivity contribution in [2.75, 3.05) is 11.9 Å². The molecule has 0 aromatic heterocycles. The van der Waals surface area contributed by atoms with Gasteiger partial charge in [-0.25, -0.2) is 5.53 Å². The van der Waals surface area contributed by atoms with Crippen molar-refractivity contribution in [1.29, 1.82) is 10.9 Å². The first-order chi connectivity index (χ1) is 11.5. The molecular formula is C20H30N4. The second-order valence-corrected chi connectivity index (χ2v) is 5.31. The van der Waals surface area contributed by atoms with Crippen LogP contribution in [0, 0.1) is 16.9 Å². The van der Waals surface area contributed by atoms with Gasteiger partial charge in [0, 0.05) is 17.8 Å². The molecule has 4 heteroatoms. The molecule has 1 aromatic carbocycles. The Hall–Kier alpha value is -2.49. The Kier molecular flexibility index (Phi) is 10.8. The van der Waals surface area contributed by atoms with Gasteiger partial charge in [-0.2, -0.15) is 0 Å². The summed E-state index contributed by atoms with van der Waals surface area (Å²) in [6.45, 7) is 14.9. The van der Waals surface area contributed by atoms with E-state index in [1.54, 1.807) is 12.1 Å². The predicted molar refractivity (Wildman–Crippen MR) is 106 cm³/mol. The molecule has 24 heavy (non-hydrogen) atoms. The van der Waals surface area contributed by atoms with Crippen molar-refractivity contribution in [2.24, 2.45) is 11.0 Å². The molecule has 0 radical (unpaired) electrons. The van der Waals surface area contributed by atoms with Crippen LogP contribution in [0.2, 0.25) is 0 Å². The Morgan fingerprint density at radius 3 is 2.50 bits per heavy atom. The maximum atomic E-state index is 7.60. The number of benzene rings is 1. The molecule has 0 atom stereocenters. The fraction of sp³-hybridized carbons (Fsp3) is 0.350. The molecule has 0 aliphatic carbocycles. The Morgan fingerprint density at radius 1 is 1.33 bits per heavy atom. The predicted octanol–water partition coefficient (Wildman–Crippen LogP) is 6.28. The SMILES string of the molecule is C=Cc1cc(C(=N)N=N)ccc1NCC(/C=C\C)=C/C(C)C.CC. The number of hydrogen-bond acceptors (Lipinski definition) is 3. The van der Waals surface area contributed by atoms with Crippen LogP contribution in [0.3, 0.4) is 0 Å². The first-order valence-electron chi connectivity index (χ1n) is 8.32. The lowest BCUT2D eigenvalue weighted by Gasteiger charge is -2.12. The van der Waals surface area contributed by atoms with E-state index in [-0.39, 0.29) is 5.84 Å². The summed E-state index contributed by atoms with van der Waals surface area (Å²) in [6, 6.07) is 5.50. The number of anilines is 1. The average molecular weight is 326 g/mol. The van der Waals surface area contributed by atoms with E-state index in [0.29, 0.717) is 11.5 Å². The van der Waals surface area contributed by atoms with Crippen molar-refractivity contribution < 1.29 is 0 Å². The molecule has 0 fully saturated rings. The van der Waals surface area contributed by atoms with Crippen LogP contribution in [0.5, 0.6) is 0 Å². The van der Waals surface area contributed by atoms with Gasteiger partial charge in [0.25, 0.3) is 0 Å². The molecule has 0 amide bonds. The summed E-state index contributed by atoms with van der Waals surface area (Å²) in [5, 5.41) is 14.2. The first-order valence-corrected chi connectivity index (χ1v) is 8.32. The van der Waals surface area contributed by atoms with Gasteiger partial charge >= 0.3 is 0 Å². The van der Waals surface area contributed by atoms with Crippen LogP contribution in [-0.4, -0.2) is 12.4 Å². The van der Waals surface area contributed by atoms with E-state index in [1.807, 2.05) is 39.0 Å². The van der Waals surface area contributed by atoms with Crippen LogP contribution in [0.1, 0.15) is 45.7 Å². The molecule has 0 heterocycles. The fourth-order valence-corrected chi connectivity index (χ4v) is 2.12. The zero-order valence-corrected chi connectivity index (χ0v) is 15.5. The second kappa shape index (κ2) is 12.0. The Labute approximate surface area is 146 Å². The van der Waals surface area contributed by atoms with Gasteiger partial charge in [-0.05, 0) is 42.2 Å². The van der Waals surface area contributed by atoms with E-state index >= 15 is 0 Å². The van der Waals surface area contributed by atoms with Crippen LogP contribution in [0.15, 0.2) is 53.7 Å². The number of amidine groups is 1. The van der Waals surface area contributed by atoms with Crippen molar-refractivity contribution in [3.8, 4) is 0 Å². The zero-order valence-electron chi connectivity index (χ0n) is 15.5. The van der Waals surface area contributed by atoms with Gasteiger partial charge in [-0.3, -0.25) is 5.41 Å². The Balaban J connectivity index is 0.00000254. The zero-order chi connectivity index (χ0) is 18.5. The maximum absolute atomic E-state index is 7.60. The van der Waals surface area contributed by atoms with Crippen LogP contribution >= 0.6 is 0 Å². The third kappa shape index (κ3) is 7.18. The van der Waals surface area contributed by atoms with E-state index < -0.39 is 0 Å². The minimum atomic E-state index is -0.0519. The van der Waals surface area contributed by atoms with Gasteiger partial charge < -0.3 is 5.32 Å². The number of rotatable bonds is 7. The number of hydrogen-bond donors (Lipinski definition) is 3. The van der Waals surface area contributed by atoms with Gasteiger partial charge in [-0.15, -0.1) is 5.11 Å². The highest BCUT2D eigenvalue weighted by Crippen LogP contribution is 2.20. The smallest absolute Gasteiger partial charge is 0.173 e. The molecule has 0 saturated heterocycles. The molecule has 1 rings (SSSR count). The second-order valence-electron chi connectivity index (χ2n) is 5.31. The highest BCUT2D eigenvalue weighted by Gasteiger charge is 2.05. The third-order valence-corrected chi connectivity index (χ3v) is 3.07. The molecule has 0 spiro atoms. The Morgan fingerprint density at radius 2 is 2.00 bits per heavy atom. The molecule has 1 aromatic rings. The Bertz CT molecular complexity index is 610. The van der Waals surface area contributed by atoms with Gasteiger partial charge in [0.05, 0.1) is 0 Å². The maximum Gasteiger partial charge on any atom is 0.173 e. The molecule has 0 aliphatic heterocycles. The number of allylic oxidation sites excluding steroid dienone is 2. The lowest BCUT2D eigenvalue weighted by Crippen LogP contribution is -2.06. The van der Waals surface area contributed by atoms with Crippen LogP contribution < -0.4 is 5.32 Å². The van der Waals surface area contributed by atoms with Crippen molar-refractivity contribution in [3.63, 3.8) is 0 Å². The number of nitrogens with one attached hydrogen (secondary N) is 3. The topological polar surface area (TPSA) is 72.1 Å². The summed E-state index contributed by atoms with van der Waals surface area (Å²) in [7, 11) is 0. The van der Waals surface area contributed by atoms with Crippen molar-refractivity contribution in [3.05, 3.63) is 59.7 Å². The van der Waals surface area contributed by atoms with Crippen molar-refractivity contribution >= 4 is 17.6 Å². The average Bonchev–Trinajstić information content (AvgIpc) is 2.60. The standard InChI is InChI=1S/C18H24N4.C2H6/c1-5-7-14(10-13(3)4)12-21-17-9-8-16(18(19)22-20)11-15(17)6-2;1-2/h5-11,13,19-21H,2,12H2,1,3-4H3;1-2H3/b7-5-,14-10+,19-18?,22-20?;. The summed E-state index contributed by atoms with van der Waals surface area (Å²) >= 11 is 0. The van der Waals surface area contributed by atoms with E-state index in [2.05, 4.69) is 43.0 Å². The van der Waals surface area contributed by atoms with Gasteiger partial charge in [0.2, 0.25) is 0 Å². The van der Waals surface area contributed by atoms with Crippen LogP contribution in [0.4, 0.5) is 5.69 Å². The summed E-state index contributed by atoms with van der Waals surface area (Å²) in [6.07, 6.45) is 8.10. The van der Waals surface area contributed by atoms with Gasteiger partial charge in [0.15, 0.2) is 5.84 Å². The highest BCUT2D eigenvalue weighted by atomic mass is 15.0. The van der Waals surface area contributed by atoms with Gasteiger partial charge in [-0.1, -0.05) is 58.6 Å². The minimum Gasteiger partial charge on any atom is -0.380 e. The highest BCUT2D eigenvalue weighted by molar-refractivity contribution is 5.97. The quantitative estimate of drug-likeness (QED) is 0.234. The fourth-order valence-electron chi connectivity index (χ4n) is 2.12. The summed E-state index contributed by atoms with van der Waals surface area (Å²) in [4.78, 5) is 0. The van der Waals surface area contributed by atoms with Crippen LogP contribution in [-0.2, 0) is 0 Å². The van der Waals surface area contributed by atoms with E-state index in [0.717, 1.165) is 17.8 Å². The molecule has 0 unspecified atom stereocenters. The normalized spacial score (nSPS) is 11.0. The lowest BCUT2D eigenvalue weighted by atomic mass is 10.1. The molecule has 0 saturated carbocycles. The monoisotopic (exact) mass is 326 g/mol. The summed E-state index contributed by atoms with van der Waals surface area (Å²) in [5.41, 5.74) is 10.6. The van der Waals surface area contributed by atoms with Crippen molar-refractivity contribution in [2.45, 2.75) is 34.6 Å². The summed E-state index contributed by atoms with van der Waals surface area (Å²) in [5.74, 6) is 0.442.